The van der Waals surface area contributed by atoms with Gasteiger partial charge in [0.05, 0.1) is 32.7 Å². The first kappa shape index (κ1) is 34.5. The number of carbonyl (C=O) groups is 2. The van der Waals surface area contributed by atoms with Crippen molar-refractivity contribution in [2.24, 2.45) is 7.05 Å². The average Bonchev–Trinajstić information content (AvgIpc) is 3.81. The highest BCUT2D eigenvalue weighted by molar-refractivity contribution is 7.22. The number of aromatic nitrogens is 4. The lowest BCUT2D eigenvalue weighted by molar-refractivity contribution is -0.160. The molecule has 1 amide bonds. The highest BCUT2D eigenvalue weighted by Crippen LogP contribution is 2.44. The molecular formula is C38H43ClN6O4S. The van der Waals surface area contributed by atoms with Crippen LogP contribution in [-0.4, -0.2) is 84.4 Å². The molecule has 2 fully saturated rings. The maximum absolute atomic E-state index is 12.7. The quantitative estimate of drug-likeness (QED) is 0.183. The number of benzene rings is 2. The van der Waals surface area contributed by atoms with Gasteiger partial charge >= 0.3 is 5.97 Å². The minimum atomic E-state index is -1.18. The number of piperidine rings is 1. The molecule has 5 heterocycles. The van der Waals surface area contributed by atoms with E-state index in [1.54, 1.807) is 6.92 Å². The van der Waals surface area contributed by atoms with Crippen LogP contribution < -0.4 is 0 Å². The molecule has 0 bridgehead atoms. The summed E-state index contributed by atoms with van der Waals surface area (Å²) in [5.74, 6) is -0.602. The number of likely N-dealkylation sites (tertiary alicyclic amines) is 2. The number of hydrogen-bond donors (Lipinski definition) is 1. The van der Waals surface area contributed by atoms with E-state index in [1.807, 2.05) is 80.7 Å². The first-order valence-corrected chi connectivity index (χ1v) is 18.4. The van der Waals surface area contributed by atoms with Crippen LogP contribution in [0.5, 0.6) is 0 Å². The Kier molecular flexibility index (Phi) is 9.21. The van der Waals surface area contributed by atoms with Crippen LogP contribution in [0.1, 0.15) is 75.8 Å². The lowest BCUT2D eigenvalue weighted by Gasteiger charge is -2.35. The first-order valence-electron chi connectivity index (χ1n) is 17.2. The summed E-state index contributed by atoms with van der Waals surface area (Å²) in [6.07, 6.45) is 1.83. The van der Waals surface area contributed by atoms with Crippen LogP contribution in [0.4, 0.5) is 0 Å². The van der Waals surface area contributed by atoms with Crippen molar-refractivity contribution in [2.75, 3.05) is 26.2 Å². The van der Waals surface area contributed by atoms with Crippen LogP contribution >= 0.6 is 22.9 Å². The molecule has 2 aromatic carbocycles. The standard InChI is InChI=1S/C38H43ClN6O4S/c1-21-19-28-35(31(23-7-9-25(39)10-8-23)30(21)34(37(47)48)49-38(3,4)5)50-36(41-28)27-11-12-29-33(40-27)32(42-43(29)6)24-13-16-44(17-14-24)26-15-18-45(20-26)22(2)46/h7-12,19,24,26,34H,13-18,20H2,1-6H3,(H,47,48)/t26?,34-/m0/s1. The summed E-state index contributed by atoms with van der Waals surface area (Å²) < 4.78 is 8.97. The number of aliphatic carboxylic acids is 1. The minimum Gasteiger partial charge on any atom is -0.479 e. The number of thiazole rings is 1. The topological polar surface area (TPSA) is 114 Å². The monoisotopic (exact) mass is 714 g/mol. The highest BCUT2D eigenvalue weighted by Gasteiger charge is 2.34. The van der Waals surface area contributed by atoms with Gasteiger partial charge in [0.1, 0.15) is 10.5 Å². The predicted octanol–water partition coefficient (Wildman–Crippen LogP) is 7.61. The third-order valence-electron chi connectivity index (χ3n) is 10.0. The van der Waals surface area contributed by atoms with Gasteiger partial charge in [-0.15, -0.1) is 11.3 Å². The van der Waals surface area contributed by atoms with Gasteiger partial charge < -0.3 is 14.7 Å². The Morgan fingerprint density at radius 2 is 1.76 bits per heavy atom. The number of pyridine rings is 1. The fourth-order valence-corrected chi connectivity index (χ4v) is 8.79. The van der Waals surface area contributed by atoms with Gasteiger partial charge in [0.2, 0.25) is 5.91 Å². The van der Waals surface area contributed by atoms with Crippen LogP contribution in [0.25, 0.3) is 43.1 Å². The van der Waals surface area contributed by atoms with E-state index in [1.165, 1.54) is 11.3 Å². The van der Waals surface area contributed by atoms with Gasteiger partial charge in [-0.1, -0.05) is 23.7 Å². The molecule has 2 saturated heterocycles. The van der Waals surface area contributed by atoms with Crippen molar-refractivity contribution in [1.82, 2.24) is 29.5 Å². The van der Waals surface area contributed by atoms with E-state index >= 15 is 0 Å². The van der Waals surface area contributed by atoms with Gasteiger partial charge in [-0.2, -0.15) is 5.10 Å². The molecule has 3 aromatic heterocycles. The van der Waals surface area contributed by atoms with Crippen LogP contribution in [-0.2, 0) is 21.4 Å². The average molecular weight is 715 g/mol. The summed E-state index contributed by atoms with van der Waals surface area (Å²) >= 11 is 7.79. The molecule has 262 valence electrons. The van der Waals surface area contributed by atoms with E-state index in [0.29, 0.717) is 16.6 Å². The van der Waals surface area contributed by atoms with Crippen LogP contribution in [0.2, 0.25) is 5.02 Å². The van der Waals surface area contributed by atoms with Gasteiger partial charge in [0.15, 0.2) is 6.10 Å². The fourth-order valence-electron chi connectivity index (χ4n) is 7.57. The molecule has 1 unspecified atom stereocenters. The third kappa shape index (κ3) is 6.64. The Labute approximate surface area is 301 Å². The number of carbonyl (C=O) groups excluding carboxylic acids is 1. The number of halogens is 1. The van der Waals surface area contributed by atoms with Crippen molar-refractivity contribution < 1.29 is 19.4 Å². The summed E-state index contributed by atoms with van der Waals surface area (Å²) in [4.78, 5) is 39.4. The van der Waals surface area contributed by atoms with E-state index in [9.17, 15) is 14.7 Å². The Balaban J connectivity index is 1.26. The molecule has 1 N–H and O–H groups in total. The number of carboxylic acid groups (broad SMARTS) is 1. The summed E-state index contributed by atoms with van der Waals surface area (Å²) in [7, 11) is 1.97. The molecule has 50 heavy (non-hydrogen) atoms. The summed E-state index contributed by atoms with van der Waals surface area (Å²) in [5, 5.41) is 16.8. The molecule has 2 atom stereocenters. The second-order valence-electron chi connectivity index (χ2n) is 14.6. The number of fused-ring (bicyclic) bond motifs is 2. The Bertz CT molecular complexity index is 2090. The molecule has 0 spiro atoms. The van der Waals surface area contributed by atoms with Crippen molar-refractivity contribution in [3.63, 3.8) is 0 Å². The number of nitrogens with zero attached hydrogens (tertiary/aromatic N) is 6. The zero-order valence-electron chi connectivity index (χ0n) is 29.4. The van der Waals surface area contributed by atoms with Crippen molar-refractivity contribution >= 4 is 56.1 Å². The number of hydrogen-bond acceptors (Lipinski definition) is 8. The molecule has 0 radical (unpaired) electrons. The molecule has 5 aromatic rings. The molecule has 2 aliphatic heterocycles. The smallest absolute Gasteiger partial charge is 0.337 e. The van der Waals surface area contributed by atoms with Crippen molar-refractivity contribution in [3.05, 3.63) is 64.3 Å². The zero-order chi connectivity index (χ0) is 35.5. The number of aryl methyl sites for hydroxylation is 2. The zero-order valence-corrected chi connectivity index (χ0v) is 30.9. The van der Waals surface area contributed by atoms with Crippen molar-refractivity contribution in [1.29, 1.82) is 0 Å². The summed E-state index contributed by atoms with van der Waals surface area (Å²) in [5.41, 5.74) is 6.73. The molecule has 0 aliphatic carbocycles. The first-order chi connectivity index (χ1) is 23.8. The summed E-state index contributed by atoms with van der Waals surface area (Å²) in [6, 6.07) is 13.9. The Morgan fingerprint density at radius 1 is 1.04 bits per heavy atom. The SMILES string of the molecule is CC(=O)N1CCC(N2CCC(c3nn(C)c4ccc(-c5nc6cc(C)c([C@H](OC(C)(C)C)C(=O)O)c(-c7ccc(Cl)cc7)c6s5)nc34)CC2)C1. The van der Waals surface area contributed by atoms with Crippen LogP contribution in [0.3, 0.4) is 0 Å². The predicted molar refractivity (Wildman–Crippen MR) is 198 cm³/mol. The lowest BCUT2D eigenvalue weighted by atomic mass is 9.91. The minimum absolute atomic E-state index is 0.160. The van der Waals surface area contributed by atoms with Crippen molar-refractivity contribution in [3.8, 4) is 21.8 Å². The van der Waals surface area contributed by atoms with E-state index in [4.69, 9.17) is 31.4 Å². The highest BCUT2D eigenvalue weighted by atomic mass is 35.5. The molecule has 10 nitrogen and oxygen atoms in total. The van der Waals surface area contributed by atoms with E-state index in [-0.39, 0.29) is 11.8 Å². The van der Waals surface area contributed by atoms with E-state index < -0.39 is 17.7 Å². The number of carboxylic acids is 1. The van der Waals surface area contributed by atoms with Gasteiger partial charge in [-0.25, -0.2) is 14.8 Å². The lowest BCUT2D eigenvalue weighted by Crippen LogP contribution is -2.43. The third-order valence-corrected chi connectivity index (χ3v) is 11.4. The van der Waals surface area contributed by atoms with Crippen LogP contribution in [0, 0.1) is 6.92 Å². The maximum atomic E-state index is 12.7. The fraction of sp³-hybridized carbons (Fsp3) is 0.447. The number of rotatable bonds is 7. The second-order valence-corrected chi connectivity index (χ2v) is 16.0. The normalized spacial score (nSPS) is 18.4. The summed E-state index contributed by atoms with van der Waals surface area (Å²) in [6.45, 7) is 12.8. The van der Waals surface area contributed by atoms with E-state index in [2.05, 4.69) is 11.0 Å². The van der Waals surface area contributed by atoms with Gasteiger partial charge in [0.25, 0.3) is 0 Å². The van der Waals surface area contributed by atoms with E-state index in [0.717, 1.165) is 99.8 Å². The number of ether oxygens (including phenoxy) is 1. The van der Waals surface area contributed by atoms with Gasteiger partial charge in [-0.3, -0.25) is 14.4 Å². The molecular weight excluding hydrogens is 672 g/mol. The van der Waals surface area contributed by atoms with Gasteiger partial charge in [0, 0.05) is 55.2 Å². The molecule has 12 heteroatoms. The Hall–Kier alpha value is -3.90. The molecule has 0 saturated carbocycles. The molecule has 2 aliphatic rings. The Morgan fingerprint density at radius 3 is 2.40 bits per heavy atom. The maximum Gasteiger partial charge on any atom is 0.337 e. The molecule has 7 rings (SSSR count). The largest absolute Gasteiger partial charge is 0.479 e. The van der Waals surface area contributed by atoms with Crippen LogP contribution in [0.15, 0.2) is 42.5 Å². The second kappa shape index (κ2) is 13.3. The van der Waals surface area contributed by atoms with Crippen molar-refractivity contribution in [2.45, 2.75) is 77.5 Å². The number of amides is 1. The van der Waals surface area contributed by atoms with Gasteiger partial charge in [-0.05, 0) is 102 Å².